The van der Waals surface area contributed by atoms with E-state index in [1.54, 1.807) is 16.7 Å². The van der Waals surface area contributed by atoms with Crippen LogP contribution in [0, 0.1) is 19.7 Å². The number of halogens is 1. The quantitative estimate of drug-likeness (QED) is 0.446. The fourth-order valence-corrected chi connectivity index (χ4v) is 4.38. The Kier molecular flexibility index (Phi) is 6.09. The summed E-state index contributed by atoms with van der Waals surface area (Å²) in [6.45, 7) is 5.82. The molecule has 0 aliphatic heterocycles. The van der Waals surface area contributed by atoms with Crippen LogP contribution in [0.3, 0.4) is 0 Å². The van der Waals surface area contributed by atoms with Gasteiger partial charge in [-0.25, -0.2) is 4.39 Å². The maximum absolute atomic E-state index is 13.6. The van der Waals surface area contributed by atoms with Gasteiger partial charge in [0.15, 0.2) is 5.16 Å². The number of rotatable bonds is 6. The normalized spacial score (nSPS) is 12.1. The highest BCUT2D eigenvalue weighted by Crippen LogP contribution is 2.27. The van der Waals surface area contributed by atoms with Crippen molar-refractivity contribution in [2.24, 2.45) is 0 Å². The number of amides is 1. The molecule has 2 aromatic heterocycles. The third kappa shape index (κ3) is 4.16. The number of thioether (sulfide) groups is 1. The molecule has 1 N–H and O–H groups in total. The molecule has 2 heterocycles. The van der Waals surface area contributed by atoms with Crippen molar-refractivity contribution in [2.75, 3.05) is 5.32 Å². The number of hydrogen-bond donors (Lipinski definition) is 1. The van der Waals surface area contributed by atoms with E-state index in [1.165, 1.54) is 40.7 Å². The molecule has 0 fully saturated rings. The summed E-state index contributed by atoms with van der Waals surface area (Å²) < 4.78 is 16.4. The summed E-state index contributed by atoms with van der Waals surface area (Å²) in [6, 6.07) is 11.6. The van der Waals surface area contributed by atoms with Crippen molar-refractivity contribution in [3.8, 4) is 5.69 Å². The summed E-state index contributed by atoms with van der Waals surface area (Å²) >= 11 is 1.25. The average Bonchev–Trinajstić information content (AvgIpc) is 3.18. The van der Waals surface area contributed by atoms with Crippen molar-refractivity contribution < 1.29 is 9.18 Å². The first-order valence-corrected chi connectivity index (χ1v) is 11.0. The summed E-state index contributed by atoms with van der Waals surface area (Å²) in [5.41, 5.74) is 2.86. The SMILES string of the molecule is CCC(Sc1nnc2c(=O)n(-c3cccc(F)c3)ccn12)C(=O)Nc1c(C)cccc1C. The fraction of sp³-hybridized carbons (Fsp3) is 0.217. The predicted molar refractivity (Wildman–Crippen MR) is 123 cm³/mol. The average molecular weight is 452 g/mol. The fourth-order valence-electron chi connectivity index (χ4n) is 3.44. The van der Waals surface area contributed by atoms with Crippen molar-refractivity contribution in [2.45, 2.75) is 37.6 Å². The number of nitrogens with zero attached hydrogens (tertiary/aromatic N) is 4. The maximum Gasteiger partial charge on any atom is 0.300 e. The van der Waals surface area contributed by atoms with Crippen LogP contribution < -0.4 is 10.9 Å². The van der Waals surface area contributed by atoms with Crippen LogP contribution >= 0.6 is 11.8 Å². The number of aromatic nitrogens is 4. The van der Waals surface area contributed by atoms with Gasteiger partial charge in [0, 0.05) is 18.1 Å². The summed E-state index contributed by atoms with van der Waals surface area (Å²) in [5.74, 6) is -0.576. The smallest absolute Gasteiger partial charge is 0.300 e. The van der Waals surface area contributed by atoms with Crippen LogP contribution in [0.4, 0.5) is 10.1 Å². The lowest BCUT2D eigenvalue weighted by atomic mass is 10.1. The molecule has 0 spiro atoms. The van der Waals surface area contributed by atoms with E-state index in [-0.39, 0.29) is 11.6 Å². The molecular weight excluding hydrogens is 429 g/mol. The summed E-state index contributed by atoms with van der Waals surface area (Å²) in [5, 5.41) is 11.2. The number of hydrogen-bond acceptors (Lipinski definition) is 5. The zero-order valence-corrected chi connectivity index (χ0v) is 18.7. The van der Waals surface area contributed by atoms with Crippen LogP contribution in [-0.2, 0) is 4.79 Å². The van der Waals surface area contributed by atoms with Gasteiger partial charge in [-0.3, -0.25) is 18.6 Å². The minimum atomic E-state index is -0.437. The Labute approximate surface area is 188 Å². The molecule has 0 saturated carbocycles. The Morgan fingerprint density at radius 2 is 1.84 bits per heavy atom. The van der Waals surface area contributed by atoms with Gasteiger partial charge in [0.2, 0.25) is 11.6 Å². The maximum atomic E-state index is 13.6. The Hall–Kier alpha value is -3.46. The minimum absolute atomic E-state index is 0.101. The zero-order valence-electron chi connectivity index (χ0n) is 17.9. The van der Waals surface area contributed by atoms with Crippen LogP contribution in [0.5, 0.6) is 0 Å². The van der Waals surface area contributed by atoms with Gasteiger partial charge in [0.1, 0.15) is 5.82 Å². The molecule has 0 saturated heterocycles. The molecule has 4 aromatic rings. The van der Waals surface area contributed by atoms with E-state index in [2.05, 4.69) is 15.5 Å². The Morgan fingerprint density at radius 1 is 1.12 bits per heavy atom. The van der Waals surface area contributed by atoms with E-state index in [4.69, 9.17) is 0 Å². The molecule has 0 bridgehead atoms. The van der Waals surface area contributed by atoms with Crippen LogP contribution in [0.25, 0.3) is 11.3 Å². The number of anilines is 1. The van der Waals surface area contributed by atoms with Gasteiger partial charge in [0.25, 0.3) is 0 Å². The van der Waals surface area contributed by atoms with E-state index in [1.807, 2.05) is 39.0 Å². The molecule has 0 aliphatic carbocycles. The third-order valence-electron chi connectivity index (χ3n) is 5.17. The number of aryl methyl sites for hydroxylation is 2. The molecule has 4 rings (SSSR count). The van der Waals surface area contributed by atoms with Crippen LogP contribution in [0.1, 0.15) is 24.5 Å². The second kappa shape index (κ2) is 8.96. The molecule has 32 heavy (non-hydrogen) atoms. The van der Waals surface area contributed by atoms with E-state index in [0.717, 1.165) is 16.8 Å². The highest BCUT2D eigenvalue weighted by molar-refractivity contribution is 8.00. The monoisotopic (exact) mass is 451 g/mol. The first kappa shape index (κ1) is 21.8. The van der Waals surface area contributed by atoms with Crippen molar-refractivity contribution in [3.63, 3.8) is 0 Å². The number of fused-ring (bicyclic) bond motifs is 1. The molecule has 1 amide bonds. The Balaban J connectivity index is 1.61. The summed E-state index contributed by atoms with van der Waals surface area (Å²) in [4.78, 5) is 25.8. The molecule has 164 valence electrons. The standard InChI is InChI=1S/C23H22FN5O2S/c1-4-18(21(30)25-19-14(2)7-5-8-15(19)3)32-23-27-26-20-22(31)28(11-12-29(20)23)17-10-6-9-16(24)13-17/h5-13,18H,4H2,1-3H3,(H,25,30). The van der Waals surface area contributed by atoms with Gasteiger partial charge in [0.05, 0.1) is 10.9 Å². The van der Waals surface area contributed by atoms with Crippen molar-refractivity contribution >= 4 is 29.0 Å². The number of nitrogens with one attached hydrogen (secondary N) is 1. The van der Waals surface area contributed by atoms with Gasteiger partial charge in [-0.1, -0.05) is 43.0 Å². The molecule has 0 radical (unpaired) electrons. The number of carbonyl (C=O) groups is 1. The highest BCUT2D eigenvalue weighted by atomic mass is 32.2. The molecule has 1 atom stereocenters. The van der Waals surface area contributed by atoms with Gasteiger partial charge in [-0.2, -0.15) is 0 Å². The predicted octanol–water partition coefficient (Wildman–Crippen LogP) is 4.15. The molecular formula is C23H22FN5O2S. The second-order valence-corrected chi connectivity index (χ2v) is 8.57. The molecule has 2 aromatic carbocycles. The van der Waals surface area contributed by atoms with Crippen LogP contribution in [0.15, 0.2) is 64.8 Å². The van der Waals surface area contributed by atoms with Crippen LogP contribution in [-0.4, -0.2) is 30.3 Å². The first-order chi connectivity index (χ1) is 15.4. The highest BCUT2D eigenvalue weighted by Gasteiger charge is 2.23. The number of benzene rings is 2. The second-order valence-electron chi connectivity index (χ2n) is 7.40. The summed E-state index contributed by atoms with van der Waals surface area (Å²) in [6.07, 6.45) is 3.74. The largest absolute Gasteiger partial charge is 0.325 e. The lowest BCUT2D eigenvalue weighted by Crippen LogP contribution is -2.26. The van der Waals surface area contributed by atoms with Gasteiger partial charge >= 0.3 is 5.56 Å². The number of carbonyl (C=O) groups excluding carboxylic acids is 1. The lowest BCUT2D eigenvalue weighted by molar-refractivity contribution is -0.115. The van der Waals surface area contributed by atoms with Crippen molar-refractivity contribution in [1.29, 1.82) is 0 Å². The summed E-state index contributed by atoms with van der Waals surface area (Å²) in [7, 11) is 0. The van der Waals surface area contributed by atoms with E-state index in [9.17, 15) is 14.0 Å². The van der Waals surface area contributed by atoms with E-state index < -0.39 is 16.6 Å². The Morgan fingerprint density at radius 3 is 2.53 bits per heavy atom. The van der Waals surface area contributed by atoms with Gasteiger partial charge < -0.3 is 5.32 Å². The van der Waals surface area contributed by atoms with Crippen molar-refractivity contribution in [3.05, 3.63) is 82.2 Å². The third-order valence-corrected chi connectivity index (χ3v) is 6.49. The van der Waals surface area contributed by atoms with Crippen LogP contribution in [0.2, 0.25) is 0 Å². The molecule has 9 heteroatoms. The van der Waals surface area contributed by atoms with Gasteiger partial charge in [-0.05, 0) is 49.6 Å². The van der Waals surface area contributed by atoms with E-state index in [0.29, 0.717) is 17.3 Å². The molecule has 0 aliphatic rings. The van der Waals surface area contributed by atoms with Gasteiger partial charge in [-0.15, -0.1) is 10.2 Å². The zero-order chi connectivity index (χ0) is 22.8. The first-order valence-electron chi connectivity index (χ1n) is 10.1. The Bertz CT molecular complexity index is 1340. The topological polar surface area (TPSA) is 81.3 Å². The minimum Gasteiger partial charge on any atom is -0.325 e. The van der Waals surface area contributed by atoms with Crippen molar-refractivity contribution in [1.82, 2.24) is 19.2 Å². The molecule has 1 unspecified atom stereocenters. The lowest BCUT2D eigenvalue weighted by Gasteiger charge is -2.16. The molecule has 7 nitrogen and oxygen atoms in total. The van der Waals surface area contributed by atoms with E-state index >= 15 is 0 Å². The number of para-hydroxylation sites is 1.